The topological polar surface area (TPSA) is 47.7 Å². The summed E-state index contributed by atoms with van der Waals surface area (Å²) in [7, 11) is 0. The van der Waals surface area contributed by atoms with E-state index in [0.717, 1.165) is 63.2 Å². The largest absolute Gasteiger partial charge is 0.454 e. The van der Waals surface area contributed by atoms with Crippen LogP contribution in [0.1, 0.15) is 25.3 Å². The van der Waals surface area contributed by atoms with Gasteiger partial charge in [0.25, 0.3) is 5.91 Å². The lowest BCUT2D eigenvalue weighted by Crippen LogP contribution is -3.15. The first-order chi connectivity index (χ1) is 12.7. The molecular formula is C20H31N3O3+2. The number of benzene rings is 1. The van der Waals surface area contributed by atoms with Crippen LogP contribution in [0, 0.1) is 5.92 Å². The summed E-state index contributed by atoms with van der Waals surface area (Å²) in [6.07, 6.45) is 2.58. The average Bonchev–Trinajstić information content (AvgIpc) is 3.10. The van der Waals surface area contributed by atoms with E-state index in [1.165, 1.54) is 28.2 Å². The Hall–Kier alpha value is -1.79. The fourth-order valence-corrected chi connectivity index (χ4v) is 4.47. The van der Waals surface area contributed by atoms with Gasteiger partial charge in [0.15, 0.2) is 18.0 Å². The summed E-state index contributed by atoms with van der Waals surface area (Å²) in [5.74, 6) is 2.80. The van der Waals surface area contributed by atoms with Crippen LogP contribution >= 0.6 is 0 Å². The second-order valence-electron chi connectivity index (χ2n) is 8.12. The van der Waals surface area contributed by atoms with E-state index in [1.54, 1.807) is 0 Å². The fourth-order valence-electron chi connectivity index (χ4n) is 4.47. The predicted molar refractivity (Wildman–Crippen MR) is 97.5 cm³/mol. The predicted octanol–water partition coefficient (Wildman–Crippen LogP) is -1.04. The molecule has 1 aromatic rings. The van der Waals surface area contributed by atoms with Crippen molar-refractivity contribution >= 4 is 5.91 Å². The van der Waals surface area contributed by atoms with Gasteiger partial charge in [-0.1, -0.05) is 6.92 Å². The molecule has 2 N–H and O–H groups in total. The monoisotopic (exact) mass is 361 g/mol. The van der Waals surface area contributed by atoms with Crippen molar-refractivity contribution in [2.75, 3.05) is 52.6 Å². The average molecular weight is 361 g/mol. The third-order valence-electron chi connectivity index (χ3n) is 5.98. The molecule has 1 aromatic carbocycles. The van der Waals surface area contributed by atoms with Crippen molar-refractivity contribution in [3.05, 3.63) is 23.8 Å². The minimum atomic E-state index is 0.324. The standard InChI is InChI=1S/C20H29N3O3/c1-16-3-2-6-22(12-16)14-20(24)23-9-7-21(8-10-23)13-17-4-5-18-19(11-17)26-15-25-18/h4-5,11,16H,2-3,6-10,12-15H2,1H3/p+2/t16-/m0/s1. The first-order valence-corrected chi connectivity index (χ1v) is 10.0. The van der Waals surface area contributed by atoms with Crippen LogP contribution in [0.2, 0.25) is 0 Å². The summed E-state index contributed by atoms with van der Waals surface area (Å²) in [5.41, 5.74) is 1.27. The molecule has 1 unspecified atom stereocenters. The minimum absolute atomic E-state index is 0.324. The van der Waals surface area contributed by atoms with Crippen molar-refractivity contribution in [3.63, 3.8) is 0 Å². The van der Waals surface area contributed by atoms with E-state index in [9.17, 15) is 4.79 Å². The van der Waals surface area contributed by atoms with Gasteiger partial charge in [-0.15, -0.1) is 0 Å². The molecule has 0 aromatic heterocycles. The second-order valence-corrected chi connectivity index (χ2v) is 8.12. The molecule has 6 nitrogen and oxygen atoms in total. The van der Waals surface area contributed by atoms with Crippen molar-refractivity contribution in [2.24, 2.45) is 5.92 Å². The number of hydrogen-bond donors (Lipinski definition) is 2. The Bertz CT molecular complexity index is 643. The number of nitrogens with one attached hydrogen (secondary N) is 2. The Labute approximate surface area is 155 Å². The van der Waals surface area contributed by atoms with Crippen LogP contribution < -0.4 is 19.3 Å². The molecule has 3 heterocycles. The highest BCUT2D eigenvalue weighted by atomic mass is 16.7. The van der Waals surface area contributed by atoms with Gasteiger partial charge in [-0.05, 0) is 31.0 Å². The highest BCUT2D eigenvalue weighted by Gasteiger charge is 2.28. The zero-order valence-corrected chi connectivity index (χ0v) is 15.8. The van der Waals surface area contributed by atoms with Gasteiger partial charge in [0.05, 0.1) is 39.3 Å². The molecule has 2 fully saturated rings. The molecule has 0 spiro atoms. The molecule has 1 amide bonds. The molecule has 4 rings (SSSR count). The van der Waals surface area contributed by atoms with Crippen molar-refractivity contribution in [1.29, 1.82) is 0 Å². The summed E-state index contributed by atoms with van der Waals surface area (Å²) in [6, 6.07) is 6.21. The molecule has 3 aliphatic rings. The van der Waals surface area contributed by atoms with E-state index in [4.69, 9.17) is 9.47 Å². The molecule has 0 radical (unpaired) electrons. The maximum Gasteiger partial charge on any atom is 0.278 e. The minimum Gasteiger partial charge on any atom is -0.454 e. The van der Waals surface area contributed by atoms with Crippen LogP contribution in [0.25, 0.3) is 0 Å². The van der Waals surface area contributed by atoms with Crippen molar-refractivity contribution < 1.29 is 24.1 Å². The van der Waals surface area contributed by atoms with E-state index in [0.29, 0.717) is 19.2 Å². The van der Waals surface area contributed by atoms with E-state index in [1.807, 2.05) is 6.07 Å². The van der Waals surface area contributed by atoms with E-state index in [-0.39, 0.29) is 0 Å². The highest BCUT2D eigenvalue weighted by molar-refractivity contribution is 5.77. The summed E-state index contributed by atoms with van der Waals surface area (Å²) in [5, 5.41) is 0. The number of rotatable bonds is 4. The molecule has 2 atom stereocenters. The number of carbonyl (C=O) groups excluding carboxylic acids is 1. The Kier molecular flexibility index (Phi) is 5.31. The molecular weight excluding hydrogens is 330 g/mol. The molecule has 0 aliphatic carbocycles. The molecule has 6 heteroatoms. The number of ether oxygens (including phenoxy) is 2. The zero-order valence-electron chi connectivity index (χ0n) is 15.8. The molecule has 0 bridgehead atoms. The van der Waals surface area contributed by atoms with Gasteiger partial charge < -0.3 is 24.2 Å². The molecule has 26 heavy (non-hydrogen) atoms. The van der Waals surface area contributed by atoms with E-state index in [2.05, 4.69) is 24.0 Å². The normalized spacial score (nSPS) is 26.1. The smallest absolute Gasteiger partial charge is 0.278 e. The Balaban J connectivity index is 1.24. The van der Waals surface area contributed by atoms with Gasteiger partial charge in [-0.3, -0.25) is 4.79 Å². The third kappa shape index (κ3) is 4.13. The molecule has 2 saturated heterocycles. The number of piperazine rings is 1. The number of likely N-dealkylation sites (tertiary alicyclic amines) is 1. The zero-order chi connectivity index (χ0) is 17.9. The third-order valence-corrected chi connectivity index (χ3v) is 5.98. The van der Waals surface area contributed by atoms with Crippen LogP contribution in [-0.4, -0.2) is 63.4 Å². The van der Waals surface area contributed by atoms with Crippen LogP contribution in [0.3, 0.4) is 0 Å². The number of piperidine rings is 1. The van der Waals surface area contributed by atoms with Gasteiger partial charge in [-0.2, -0.15) is 0 Å². The maximum atomic E-state index is 12.6. The van der Waals surface area contributed by atoms with Crippen molar-refractivity contribution in [2.45, 2.75) is 26.3 Å². The Morgan fingerprint density at radius 1 is 1.15 bits per heavy atom. The lowest BCUT2D eigenvalue weighted by atomic mass is 10.0. The van der Waals surface area contributed by atoms with Gasteiger partial charge in [0.2, 0.25) is 6.79 Å². The van der Waals surface area contributed by atoms with E-state index >= 15 is 0 Å². The Morgan fingerprint density at radius 2 is 1.96 bits per heavy atom. The van der Waals surface area contributed by atoms with Gasteiger partial charge in [0, 0.05) is 11.5 Å². The number of amides is 1. The summed E-state index contributed by atoms with van der Waals surface area (Å²) in [4.78, 5) is 17.7. The van der Waals surface area contributed by atoms with Crippen molar-refractivity contribution in [1.82, 2.24) is 4.90 Å². The number of nitrogens with zero attached hydrogens (tertiary/aromatic N) is 1. The summed E-state index contributed by atoms with van der Waals surface area (Å²) < 4.78 is 10.8. The molecule has 3 aliphatic heterocycles. The number of hydrogen-bond acceptors (Lipinski definition) is 3. The van der Waals surface area contributed by atoms with Crippen LogP contribution in [0.4, 0.5) is 0 Å². The van der Waals surface area contributed by atoms with Gasteiger partial charge in [0.1, 0.15) is 6.54 Å². The highest BCUT2D eigenvalue weighted by Crippen LogP contribution is 2.32. The van der Waals surface area contributed by atoms with Crippen LogP contribution in [0.15, 0.2) is 18.2 Å². The summed E-state index contributed by atoms with van der Waals surface area (Å²) in [6.45, 7) is 10.4. The van der Waals surface area contributed by atoms with Gasteiger partial charge >= 0.3 is 0 Å². The Morgan fingerprint density at radius 3 is 2.77 bits per heavy atom. The van der Waals surface area contributed by atoms with Crippen LogP contribution in [-0.2, 0) is 11.3 Å². The molecule has 142 valence electrons. The summed E-state index contributed by atoms with van der Waals surface area (Å²) >= 11 is 0. The van der Waals surface area contributed by atoms with Crippen molar-refractivity contribution in [3.8, 4) is 11.5 Å². The molecule has 0 saturated carbocycles. The first-order valence-electron chi connectivity index (χ1n) is 10.0. The second kappa shape index (κ2) is 7.84. The number of quaternary nitrogens is 2. The maximum absolute atomic E-state index is 12.6. The van der Waals surface area contributed by atoms with Crippen LogP contribution in [0.5, 0.6) is 11.5 Å². The fraction of sp³-hybridized carbons (Fsp3) is 0.650. The number of fused-ring (bicyclic) bond motifs is 1. The lowest BCUT2D eigenvalue weighted by Gasteiger charge is -2.34. The number of carbonyl (C=O) groups is 1. The SMILES string of the molecule is C[C@H]1CCC[NH+](CC(=O)N2CC[NH+](Cc3ccc4c(c3)OCO4)CC2)C1. The van der Waals surface area contributed by atoms with E-state index < -0.39 is 0 Å². The first kappa shape index (κ1) is 17.6. The van der Waals surface area contributed by atoms with Gasteiger partial charge in [-0.25, -0.2) is 0 Å². The lowest BCUT2D eigenvalue weighted by molar-refractivity contribution is -0.918. The quantitative estimate of drug-likeness (QED) is 0.720.